The van der Waals surface area contributed by atoms with Crippen molar-refractivity contribution >= 4 is 28.7 Å². The van der Waals surface area contributed by atoms with E-state index in [0.717, 1.165) is 40.4 Å². The third-order valence-corrected chi connectivity index (χ3v) is 8.03. The summed E-state index contributed by atoms with van der Waals surface area (Å²) in [5.41, 5.74) is 7.43. The molecule has 1 aliphatic heterocycles. The number of fused-ring (bicyclic) bond motifs is 1. The maximum absolute atomic E-state index is 11.8. The molecule has 1 amide bonds. The Labute approximate surface area is 238 Å². The Morgan fingerprint density at radius 1 is 1.12 bits per heavy atom. The van der Waals surface area contributed by atoms with Crippen LogP contribution in [-0.2, 0) is 16.1 Å². The Bertz CT molecular complexity index is 1500. The molecule has 0 bridgehead atoms. The Kier molecular flexibility index (Phi) is 7.69. The van der Waals surface area contributed by atoms with Crippen LogP contribution in [0.15, 0.2) is 54.9 Å². The SMILES string of the molecule is CCOC(c1ccccc1)c1nc2cc(C3NOC(=O)N3)nc(-c3cncc(Cl)c3)c2n1CC1CCC(C)CC1. The van der Waals surface area contributed by atoms with Crippen LogP contribution in [0.1, 0.15) is 68.9 Å². The van der Waals surface area contributed by atoms with Crippen LogP contribution in [0.4, 0.5) is 4.79 Å². The number of pyridine rings is 2. The van der Waals surface area contributed by atoms with Gasteiger partial charge in [0.15, 0.2) is 6.17 Å². The number of imidazole rings is 1. The van der Waals surface area contributed by atoms with Gasteiger partial charge in [-0.1, -0.05) is 61.7 Å². The van der Waals surface area contributed by atoms with Gasteiger partial charge in [0.2, 0.25) is 0 Å². The van der Waals surface area contributed by atoms with E-state index in [1.54, 1.807) is 12.4 Å². The van der Waals surface area contributed by atoms with Crippen molar-refractivity contribution in [2.75, 3.05) is 6.61 Å². The lowest BCUT2D eigenvalue weighted by Crippen LogP contribution is -2.24. The molecule has 9 nitrogen and oxygen atoms in total. The quantitative estimate of drug-likeness (QED) is 0.259. The summed E-state index contributed by atoms with van der Waals surface area (Å²) in [6.07, 6.45) is 6.60. The summed E-state index contributed by atoms with van der Waals surface area (Å²) in [5.74, 6) is 2.10. The number of benzene rings is 1. The number of halogens is 1. The van der Waals surface area contributed by atoms with Crippen molar-refractivity contribution in [3.05, 3.63) is 77.0 Å². The molecule has 2 aliphatic rings. The summed E-state index contributed by atoms with van der Waals surface area (Å²) in [6.45, 7) is 5.68. The maximum Gasteiger partial charge on any atom is 0.427 e. The van der Waals surface area contributed by atoms with E-state index < -0.39 is 12.3 Å². The van der Waals surface area contributed by atoms with E-state index in [-0.39, 0.29) is 6.10 Å². The second-order valence-electron chi connectivity index (χ2n) is 10.7. The van der Waals surface area contributed by atoms with Crippen molar-refractivity contribution in [3.63, 3.8) is 0 Å². The van der Waals surface area contributed by atoms with Gasteiger partial charge >= 0.3 is 6.09 Å². The molecule has 1 aromatic carbocycles. The Hall–Kier alpha value is -3.53. The van der Waals surface area contributed by atoms with Crippen molar-refractivity contribution < 1.29 is 14.4 Å². The molecule has 208 valence electrons. The third kappa shape index (κ3) is 5.41. The van der Waals surface area contributed by atoms with Crippen LogP contribution in [0.2, 0.25) is 5.02 Å². The summed E-state index contributed by atoms with van der Waals surface area (Å²) in [7, 11) is 0. The molecule has 3 aromatic heterocycles. The summed E-state index contributed by atoms with van der Waals surface area (Å²) in [5, 5.41) is 3.26. The van der Waals surface area contributed by atoms with Crippen LogP contribution in [0, 0.1) is 11.8 Å². The number of carbonyl (C=O) groups is 1. The molecule has 40 heavy (non-hydrogen) atoms. The van der Waals surface area contributed by atoms with Gasteiger partial charge in [0.1, 0.15) is 11.9 Å². The molecule has 0 spiro atoms. The van der Waals surface area contributed by atoms with Gasteiger partial charge in [0, 0.05) is 31.1 Å². The van der Waals surface area contributed by atoms with Crippen LogP contribution < -0.4 is 10.8 Å². The number of hydrogen-bond donors (Lipinski definition) is 2. The number of aromatic nitrogens is 4. The monoisotopic (exact) mass is 560 g/mol. The maximum atomic E-state index is 11.8. The summed E-state index contributed by atoms with van der Waals surface area (Å²) in [6, 6.07) is 14.0. The van der Waals surface area contributed by atoms with Gasteiger partial charge in [-0.3, -0.25) is 10.3 Å². The fourth-order valence-electron chi connectivity index (χ4n) is 5.78. The average Bonchev–Trinajstić information content (AvgIpc) is 3.56. The second-order valence-corrected chi connectivity index (χ2v) is 11.1. The highest BCUT2D eigenvalue weighted by Gasteiger charge is 2.31. The number of carbonyl (C=O) groups excluding carboxylic acids is 1. The van der Waals surface area contributed by atoms with E-state index in [1.807, 2.05) is 37.3 Å². The van der Waals surface area contributed by atoms with E-state index in [9.17, 15) is 4.79 Å². The fourth-order valence-corrected chi connectivity index (χ4v) is 5.95. The Balaban J connectivity index is 1.58. The molecule has 4 heterocycles. The van der Waals surface area contributed by atoms with Crippen LogP contribution >= 0.6 is 11.6 Å². The third-order valence-electron chi connectivity index (χ3n) is 7.83. The van der Waals surface area contributed by atoms with E-state index in [0.29, 0.717) is 28.9 Å². The summed E-state index contributed by atoms with van der Waals surface area (Å²) < 4.78 is 8.67. The number of rotatable bonds is 8. The lowest BCUT2D eigenvalue weighted by atomic mass is 9.83. The molecule has 2 unspecified atom stereocenters. The van der Waals surface area contributed by atoms with Crippen molar-refractivity contribution in [2.45, 2.75) is 58.3 Å². The molecule has 2 N–H and O–H groups in total. The van der Waals surface area contributed by atoms with Gasteiger partial charge in [0.25, 0.3) is 0 Å². The smallest absolute Gasteiger partial charge is 0.366 e. The molecule has 2 fully saturated rings. The highest BCUT2D eigenvalue weighted by molar-refractivity contribution is 6.30. The minimum atomic E-state index is -0.618. The molecule has 1 aliphatic carbocycles. The normalized spacial score (nSPS) is 21.8. The van der Waals surface area contributed by atoms with Gasteiger partial charge < -0.3 is 14.1 Å². The van der Waals surface area contributed by atoms with E-state index in [1.165, 1.54) is 25.7 Å². The van der Waals surface area contributed by atoms with Gasteiger partial charge in [-0.05, 0) is 49.3 Å². The van der Waals surface area contributed by atoms with Crippen LogP contribution in [0.25, 0.3) is 22.3 Å². The zero-order valence-corrected chi connectivity index (χ0v) is 23.4. The van der Waals surface area contributed by atoms with Crippen LogP contribution in [-0.4, -0.2) is 32.2 Å². The molecule has 0 radical (unpaired) electrons. The number of ether oxygens (including phenoxy) is 1. The van der Waals surface area contributed by atoms with E-state index in [4.69, 9.17) is 31.1 Å². The van der Waals surface area contributed by atoms with Crippen LogP contribution in [0.5, 0.6) is 0 Å². The first-order chi connectivity index (χ1) is 19.5. The first kappa shape index (κ1) is 26.7. The van der Waals surface area contributed by atoms with Gasteiger partial charge in [0.05, 0.1) is 27.4 Å². The highest BCUT2D eigenvalue weighted by atomic mass is 35.5. The number of nitrogens with zero attached hydrogens (tertiary/aromatic N) is 4. The summed E-state index contributed by atoms with van der Waals surface area (Å²) >= 11 is 6.40. The van der Waals surface area contributed by atoms with Crippen molar-refractivity contribution in [1.29, 1.82) is 0 Å². The molecule has 1 saturated heterocycles. The molecule has 2 atom stereocenters. The van der Waals surface area contributed by atoms with E-state index >= 15 is 0 Å². The summed E-state index contributed by atoms with van der Waals surface area (Å²) in [4.78, 5) is 31.3. The molecule has 6 rings (SSSR count). The van der Waals surface area contributed by atoms with Crippen molar-refractivity contribution in [2.24, 2.45) is 11.8 Å². The van der Waals surface area contributed by atoms with Crippen LogP contribution in [0.3, 0.4) is 0 Å². The largest absolute Gasteiger partial charge is 0.427 e. The lowest BCUT2D eigenvalue weighted by molar-refractivity contribution is 0.0817. The van der Waals surface area contributed by atoms with Gasteiger partial charge in [-0.25, -0.2) is 14.8 Å². The zero-order valence-electron chi connectivity index (χ0n) is 22.6. The molecule has 1 saturated carbocycles. The number of amides is 1. The number of hydrogen-bond acceptors (Lipinski definition) is 7. The second kappa shape index (κ2) is 11.5. The van der Waals surface area contributed by atoms with Crippen molar-refractivity contribution in [1.82, 2.24) is 30.3 Å². The molecule has 4 aromatic rings. The average molecular weight is 561 g/mol. The van der Waals surface area contributed by atoms with E-state index in [2.05, 4.69) is 39.4 Å². The first-order valence-corrected chi connectivity index (χ1v) is 14.3. The topological polar surface area (TPSA) is 103 Å². The minimum absolute atomic E-state index is 0.359. The number of hydroxylamine groups is 1. The minimum Gasteiger partial charge on any atom is -0.366 e. The predicted octanol–water partition coefficient (Wildman–Crippen LogP) is 6.34. The van der Waals surface area contributed by atoms with Gasteiger partial charge in [-0.15, -0.1) is 5.48 Å². The first-order valence-electron chi connectivity index (χ1n) is 13.9. The van der Waals surface area contributed by atoms with Crippen molar-refractivity contribution in [3.8, 4) is 11.3 Å². The lowest BCUT2D eigenvalue weighted by Gasteiger charge is -2.28. The Morgan fingerprint density at radius 2 is 1.93 bits per heavy atom. The molecule has 10 heteroatoms. The fraction of sp³-hybridized carbons (Fsp3) is 0.400. The standard InChI is InChI=1S/C30H33ClN6O3/c1-3-39-27(20-7-5-4-6-8-20)29-34-23-14-24(28-35-30(38)40-36-28)33-25(21-13-22(31)16-32-15-21)26(23)37(29)17-19-11-9-18(2)10-12-19/h4-8,13-16,18-19,27-28,36H,3,9-12,17H2,1-2H3,(H,35,38). The number of nitrogens with one attached hydrogen (secondary N) is 2. The predicted molar refractivity (Wildman–Crippen MR) is 152 cm³/mol. The Morgan fingerprint density at radius 3 is 2.62 bits per heavy atom. The highest BCUT2D eigenvalue weighted by Crippen LogP contribution is 2.37. The van der Waals surface area contributed by atoms with Gasteiger partial charge in [-0.2, -0.15) is 0 Å². The molecular formula is C30H33ClN6O3. The zero-order chi connectivity index (χ0) is 27.6. The molecular weight excluding hydrogens is 528 g/mol.